The molecule has 0 saturated heterocycles. The Hall–Kier alpha value is -2.70. The largest absolute Gasteiger partial charge is 0.497 e. The van der Waals surface area contributed by atoms with Gasteiger partial charge in [-0.1, -0.05) is 0 Å². The van der Waals surface area contributed by atoms with Gasteiger partial charge in [-0.05, 0) is 36.4 Å². The molecule has 176 valence electrons. The third-order valence-electron chi connectivity index (χ3n) is 4.34. The number of ether oxygens (including phenoxy) is 2. The van der Waals surface area contributed by atoms with Gasteiger partial charge in [0.25, 0.3) is 5.91 Å². The van der Waals surface area contributed by atoms with Crippen LogP contribution < -0.4 is 25.4 Å². The molecule has 0 saturated carbocycles. The number of hydrogen-bond donors (Lipinski definition) is 3. The topological polar surface area (TPSA) is 84.0 Å². The van der Waals surface area contributed by atoms with Gasteiger partial charge in [0.15, 0.2) is 5.96 Å². The zero-order valence-corrected chi connectivity index (χ0v) is 20.2. The van der Waals surface area contributed by atoms with Gasteiger partial charge in [-0.15, -0.1) is 24.0 Å². The van der Waals surface area contributed by atoms with E-state index in [0.717, 1.165) is 29.8 Å². The summed E-state index contributed by atoms with van der Waals surface area (Å²) in [6, 6.07) is 9.54. The van der Waals surface area contributed by atoms with Crippen LogP contribution in [0, 0.1) is 0 Å². The molecule has 3 N–H and O–H groups in total. The molecule has 0 fully saturated rings. The minimum Gasteiger partial charge on any atom is -0.497 e. The summed E-state index contributed by atoms with van der Waals surface area (Å²) in [7, 11) is 4.76. The van der Waals surface area contributed by atoms with E-state index in [1.807, 2.05) is 12.1 Å². The number of halogens is 4. The van der Waals surface area contributed by atoms with E-state index >= 15 is 0 Å². The van der Waals surface area contributed by atoms with Crippen molar-refractivity contribution in [1.29, 1.82) is 0 Å². The molecule has 7 nitrogen and oxygen atoms in total. The molecular weight excluding hydrogens is 540 g/mol. The number of carbonyl (C=O) groups excluding carboxylic acids is 1. The van der Waals surface area contributed by atoms with Crippen LogP contribution >= 0.6 is 24.0 Å². The number of benzene rings is 2. The number of alkyl halides is 3. The summed E-state index contributed by atoms with van der Waals surface area (Å²) in [6.07, 6.45) is -4.43. The van der Waals surface area contributed by atoms with Gasteiger partial charge in [0.05, 0.1) is 19.8 Å². The Morgan fingerprint density at radius 3 is 2.19 bits per heavy atom. The van der Waals surface area contributed by atoms with Crippen molar-refractivity contribution in [3.63, 3.8) is 0 Å². The summed E-state index contributed by atoms with van der Waals surface area (Å²) >= 11 is 0. The van der Waals surface area contributed by atoms with Gasteiger partial charge in [0, 0.05) is 43.9 Å². The number of nitrogens with one attached hydrogen (secondary N) is 3. The predicted molar refractivity (Wildman–Crippen MR) is 127 cm³/mol. The normalized spacial score (nSPS) is 11.2. The first-order chi connectivity index (χ1) is 14.8. The molecule has 0 aliphatic carbocycles. The zero-order valence-electron chi connectivity index (χ0n) is 17.9. The first-order valence-electron chi connectivity index (χ1n) is 9.39. The number of guanidine groups is 1. The molecule has 2 aromatic carbocycles. The average Bonchev–Trinajstić information content (AvgIpc) is 2.77. The van der Waals surface area contributed by atoms with Gasteiger partial charge >= 0.3 is 6.18 Å². The van der Waals surface area contributed by atoms with Crippen molar-refractivity contribution in [2.75, 3.05) is 34.4 Å². The Kier molecular flexibility index (Phi) is 11.1. The van der Waals surface area contributed by atoms with Crippen LogP contribution in [0.5, 0.6) is 11.5 Å². The van der Waals surface area contributed by atoms with E-state index in [9.17, 15) is 18.0 Å². The van der Waals surface area contributed by atoms with E-state index in [1.54, 1.807) is 27.3 Å². The fourth-order valence-electron chi connectivity index (χ4n) is 2.67. The van der Waals surface area contributed by atoms with Gasteiger partial charge in [-0.25, -0.2) is 0 Å². The molecule has 32 heavy (non-hydrogen) atoms. The second kappa shape index (κ2) is 13.0. The lowest BCUT2D eigenvalue weighted by atomic mass is 10.1. The Balaban J connectivity index is 0.00000512. The molecule has 11 heteroatoms. The summed E-state index contributed by atoms with van der Waals surface area (Å²) in [5, 5.41) is 8.82. The smallest absolute Gasteiger partial charge is 0.416 e. The Labute approximate surface area is 201 Å². The Bertz CT molecular complexity index is 906. The van der Waals surface area contributed by atoms with Crippen molar-refractivity contribution in [2.45, 2.75) is 12.7 Å². The maximum absolute atomic E-state index is 12.6. The van der Waals surface area contributed by atoms with Crippen LogP contribution in [0.25, 0.3) is 0 Å². The molecule has 0 spiro atoms. The van der Waals surface area contributed by atoms with Crippen molar-refractivity contribution in [1.82, 2.24) is 16.0 Å². The molecule has 0 heterocycles. The van der Waals surface area contributed by atoms with E-state index in [-0.39, 0.29) is 36.1 Å². The minimum atomic E-state index is -4.43. The first kappa shape index (κ1) is 27.3. The molecule has 2 aromatic rings. The third kappa shape index (κ3) is 8.09. The second-order valence-corrected chi connectivity index (χ2v) is 6.36. The van der Waals surface area contributed by atoms with Crippen molar-refractivity contribution in [3.8, 4) is 11.5 Å². The number of hydrogen-bond acceptors (Lipinski definition) is 4. The number of aliphatic imine (C=N–C) groups is 1. The van der Waals surface area contributed by atoms with Crippen LogP contribution in [-0.4, -0.2) is 46.2 Å². The highest BCUT2D eigenvalue weighted by Crippen LogP contribution is 2.29. The summed E-state index contributed by atoms with van der Waals surface area (Å²) in [5.74, 6) is 1.42. The van der Waals surface area contributed by atoms with E-state index in [1.165, 1.54) is 0 Å². The fourth-order valence-corrected chi connectivity index (χ4v) is 2.67. The number of nitrogens with zero attached hydrogens (tertiary/aromatic N) is 1. The Morgan fingerprint density at radius 2 is 1.62 bits per heavy atom. The van der Waals surface area contributed by atoms with Gasteiger partial charge in [-0.2, -0.15) is 13.2 Å². The van der Waals surface area contributed by atoms with Crippen molar-refractivity contribution in [3.05, 3.63) is 59.2 Å². The lowest BCUT2D eigenvalue weighted by molar-refractivity contribution is -0.137. The van der Waals surface area contributed by atoms with Gasteiger partial charge in [0.1, 0.15) is 11.5 Å². The van der Waals surface area contributed by atoms with Crippen LogP contribution in [0.1, 0.15) is 21.5 Å². The van der Waals surface area contributed by atoms with Crippen molar-refractivity contribution in [2.24, 2.45) is 4.99 Å². The molecule has 0 unspecified atom stereocenters. The third-order valence-corrected chi connectivity index (χ3v) is 4.34. The summed E-state index contributed by atoms with van der Waals surface area (Å²) in [4.78, 5) is 16.2. The summed E-state index contributed by atoms with van der Waals surface area (Å²) < 4.78 is 48.3. The predicted octanol–water partition coefficient (Wildman–Crippen LogP) is 3.44. The average molecular weight is 566 g/mol. The zero-order chi connectivity index (χ0) is 22.9. The van der Waals surface area contributed by atoms with Crippen LogP contribution in [0.15, 0.2) is 47.5 Å². The van der Waals surface area contributed by atoms with Gasteiger partial charge in [-0.3, -0.25) is 9.79 Å². The first-order valence-corrected chi connectivity index (χ1v) is 9.39. The van der Waals surface area contributed by atoms with Crippen LogP contribution in [0.3, 0.4) is 0 Å². The highest BCUT2D eigenvalue weighted by Gasteiger charge is 2.30. The molecule has 0 atom stereocenters. The molecular formula is C21H26F3IN4O3. The van der Waals surface area contributed by atoms with Crippen molar-refractivity contribution < 1.29 is 27.4 Å². The lowest BCUT2D eigenvalue weighted by Crippen LogP contribution is -2.41. The molecule has 0 radical (unpaired) electrons. The molecule has 1 amide bonds. The molecule has 0 aliphatic rings. The minimum absolute atomic E-state index is 0. The van der Waals surface area contributed by atoms with E-state index < -0.39 is 17.6 Å². The maximum atomic E-state index is 12.6. The highest BCUT2D eigenvalue weighted by molar-refractivity contribution is 14.0. The number of amides is 1. The van der Waals surface area contributed by atoms with E-state index in [0.29, 0.717) is 30.5 Å². The van der Waals surface area contributed by atoms with Crippen LogP contribution in [0.2, 0.25) is 0 Å². The Morgan fingerprint density at radius 1 is 0.969 bits per heavy atom. The van der Waals surface area contributed by atoms with Crippen LogP contribution in [-0.2, 0) is 12.7 Å². The SMILES string of the molecule is CN=C(NCCNC(=O)c1ccc(C(F)(F)F)cc1)NCc1ccc(OC)cc1OC.I. The molecule has 2 rings (SSSR count). The van der Waals surface area contributed by atoms with E-state index in [4.69, 9.17) is 9.47 Å². The van der Waals surface area contributed by atoms with Crippen molar-refractivity contribution >= 4 is 35.8 Å². The van der Waals surface area contributed by atoms with E-state index in [2.05, 4.69) is 20.9 Å². The number of rotatable bonds is 8. The summed E-state index contributed by atoms with van der Waals surface area (Å²) in [5.41, 5.74) is 0.262. The summed E-state index contributed by atoms with van der Waals surface area (Å²) in [6.45, 7) is 1.07. The highest BCUT2D eigenvalue weighted by atomic mass is 127. The lowest BCUT2D eigenvalue weighted by Gasteiger charge is -2.15. The molecule has 0 bridgehead atoms. The monoisotopic (exact) mass is 566 g/mol. The maximum Gasteiger partial charge on any atom is 0.416 e. The quantitative estimate of drug-likeness (QED) is 0.198. The fraction of sp³-hybridized carbons (Fsp3) is 0.333. The van der Waals surface area contributed by atoms with Crippen LogP contribution in [0.4, 0.5) is 13.2 Å². The molecule has 0 aromatic heterocycles. The number of methoxy groups -OCH3 is 2. The van der Waals surface area contributed by atoms with Gasteiger partial charge in [0.2, 0.25) is 0 Å². The standard InChI is InChI=1S/C21H25F3N4O3.HI/c1-25-20(28-13-15-6-9-17(30-2)12-18(15)31-3)27-11-10-26-19(29)14-4-7-16(8-5-14)21(22,23)24;/h4-9,12H,10-11,13H2,1-3H3,(H,26,29)(H2,25,27,28);1H. The number of carbonyl (C=O) groups is 1. The molecule has 0 aliphatic heterocycles. The second-order valence-electron chi connectivity index (χ2n) is 6.36. The van der Waals surface area contributed by atoms with Gasteiger partial charge < -0.3 is 25.4 Å².